The van der Waals surface area contributed by atoms with Gasteiger partial charge in [0.05, 0.1) is 30.0 Å². The smallest absolute Gasteiger partial charge is 0.160 e. The van der Waals surface area contributed by atoms with Crippen LogP contribution in [0.15, 0.2) is 84.9 Å². The van der Waals surface area contributed by atoms with Crippen molar-refractivity contribution in [3.05, 3.63) is 182 Å². The third kappa shape index (κ3) is 16.8. The summed E-state index contributed by atoms with van der Waals surface area (Å²) in [6, 6.07) is 36.5. The first-order valence-electron chi connectivity index (χ1n) is 39.5. The lowest BCUT2D eigenvalue weighted by Gasteiger charge is -2.35. The fourth-order valence-electron chi connectivity index (χ4n) is 16.6. The molecule has 8 aromatic rings. The molecule has 0 N–H and O–H groups in total. The van der Waals surface area contributed by atoms with Gasteiger partial charge in [-0.2, -0.15) is 0 Å². The van der Waals surface area contributed by atoms with Gasteiger partial charge < -0.3 is 0 Å². The fourth-order valence-corrected chi connectivity index (χ4v) is 22.3. The molecule has 0 bridgehead atoms. The van der Waals surface area contributed by atoms with E-state index in [4.69, 9.17) is 0 Å². The summed E-state index contributed by atoms with van der Waals surface area (Å²) in [5.74, 6) is 0. The Morgan fingerprint density at radius 2 is 0.469 bits per heavy atom. The van der Waals surface area contributed by atoms with Gasteiger partial charge in [-0.3, -0.25) is 9.59 Å². The number of aryl methyl sites for hydroxylation is 8. The second kappa shape index (κ2) is 37.1. The van der Waals surface area contributed by atoms with Gasteiger partial charge in [0.25, 0.3) is 0 Å². The molecular formula is C90H120O2S4. The number of hydrogen-bond donors (Lipinski definition) is 0. The first kappa shape index (κ1) is 74.0. The lowest BCUT2D eigenvalue weighted by molar-refractivity contribution is 0.111. The van der Waals surface area contributed by atoms with Crippen LogP contribution in [0.1, 0.15) is 368 Å². The van der Waals surface area contributed by atoms with E-state index in [-0.39, 0.29) is 0 Å². The Morgan fingerprint density at radius 1 is 0.260 bits per heavy atom. The Bertz CT molecular complexity index is 3250. The number of hydrogen-bond acceptors (Lipinski definition) is 6. The normalized spacial score (nSPS) is 13.5. The summed E-state index contributed by atoms with van der Waals surface area (Å²) in [6.07, 6.45) is 50.3. The first-order valence-corrected chi connectivity index (χ1v) is 42.8. The van der Waals surface area contributed by atoms with Crippen molar-refractivity contribution in [2.24, 2.45) is 0 Å². The monoisotopic (exact) mass is 1360 g/mol. The maximum absolute atomic E-state index is 13.7. The zero-order valence-corrected chi connectivity index (χ0v) is 64.2. The molecule has 4 aromatic heterocycles. The second-order valence-electron chi connectivity index (χ2n) is 29.4. The molecule has 516 valence electrons. The van der Waals surface area contributed by atoms with E-state index in [9.17, 15) is 9.59 Å². The standard InChI is InChI=1S/C90H120O2S4/c1-9-17-25-33-41-65-49-66(42-34-26-18-10-2)54-73(53-65)89(74-55-67(43-35-27-19-11-3)50-68(56-74)44-36-28-20-12-4)81-83(79-61-77(63-91)93-87(79)89)95-86-82-84(96-85(81)86)80-62-78(64-92)94-88(80)90(82,75-57-69(45-37-29-21-13-5)51-70(58-75)46-38-30-22-14-6)76-59-71(47-39-31-23-15-7)52-72(60-76)48-40-32-24-16-8/h49-64H,9-48H2,1-8H3. The molecule has 2 aliphatic rings. The van der Waals surface area contributed by atoms with Crippen molar-refractivity contribution < 1.29 is 9.59 Å². The third-order valence-corrected chi connectivity index (χ3v) is 26.6. The van der Waals surface area contributed by atoms with Crippen LogP contribution < -0.4 is 0 Å². The molecule has 0 spiro atoms. The van der Waals surface area contributed by atoms with Gasteiger partial charge in [-0.25, -0.2) is 0 Å². The number of thiophene rings is 4. The minimum Gasteiger partial charge on any atom is -0.297 e. The van der Waals surface area contributed by atoms with Crippen molar-refractivity contribution >= 4 is 67.3 Å². The van der Waals surface area contributed by atoms with Crippen LogP contribution in [-0.4, -0.2) is 12.6 Å². The van der Waals surface area contributed by atoms with Crippen LogP contribution in [0.5, 0.6) is 0 Å². The molecule has 0 unspecified atom stereocenters. The molecule has 0 amide bonds. The molecule has 0 saturated heterocycles. The van der Waals surface area contributed by atoms with Crippen LogP contribution in [0.25, 0.3) is 30.3 Å². The van der Waals surface area contributed by atoms with Gasteiger partial charge in [0.2, 0.25) is 0 Å². The van der Waals surface area contributed by atoms with E-state index in [1.165, 1.54) is 323 Å². The predicted molar refractivity (Wildman–Crippen MR) is 424 cm³/mol. The number of carbonyl (C=O) groups excluding carboxylic acids is 2. The average molecular weight is 1360 g/mol. The van der Waals surface area contributed by atoms with E-state index in [0.717, 1.165) is 73.7 Å². The summed E-state index contributed by atoms with van der Waals surface area (Å²) in [6.45, 7) is 18.7. The summed E-state index contributed by atoms with van der Waals surface area (Å²) < 4.78 is 2.82. The zero-order valence-electron chi connectivity index (χ0n) is 61.0. The topological polar surface area (TPSA) is 34.1 Å². The SMILES string of the molecule is CCCCCCc1cc(CCCCCC)cc(C2(c3cc(CCCCCC)cc(CCCCCC)c3)c3sc(C=O)cc3-c3sc4c5c(sc4c32)-c2cc(C=O)sc2C5(c2cc(CCCCCC)cc(CCCCCC)c2)c2cc(CCCCCC)cc(CCCCCC)c2)c1. The quantitative estimate of drug-likeness (QED) is 0.0281. The van der Waals surface area contributed by atoms with Gasteiger partial charge >= 0.3 is 0 Å². The fraction of sp³-hybridized carbons (Fsp3) is 0.556. The largest absolute Gasteiger partial charge is 0.297 e. The maximum Gasteiger partial charge on any atom is 0.160 e. The lowest BCUT2D eigenvalue weighted by Crippen LogP contribution is -2.29. The number of carbonyl (C=O) groups is 2. The van der Waals surface area contributed by atoms with E-state index >= 15 is 0 Å². The summed E-state index contributed by atoms with van der Waals surface area (Å²) in [7, 11) is 0. The molecule has 0 fully saturated rings. The van der Waals surface area contributed by atoms with Gasteiger partial charge in [-0.1, -0.05) is 282 Å². The maximum atomic E-state index is 13.7. The Balaban J connectivity index is 1.35. The van der Waals surface area contributed by atoms with E-state index < -0.39 is 10.8 Å². The van der Waals surface area contributed by atoms with Crippen molar-refractivity contribution in [3.8, 4) is 20.9 Å². The molecule has 10 rings (SSSR count). The molecule has 96 heavy (non-hydrogen) atoms. The van der Waals surface area contributed by atoms with E-state index in [0.29, 0.717) is 0 Å². The van der Waals surface area contributed by atoms with Crippen molar-refractivity contribution in [1.29, 1.82) is 0 Å². The molecule has 2 nitrogen and oxygen atoms in total. The van der Waals surface area contributed by atoms with Crippen LogP contribution in [0.4, 0.5) is 0 Å². The van der Waals surface area contributed by atoms with Gasteiger partial charge in [-0.15, -0.1) is 45.3 Å². The summed E-state index contributed by atoms with van der Waals surface area (Å²) in [4.78, 5) is 34.5. The molecule has 4 aromatic carbocycles. The lowest BCUT2D eigenvalue weighted by atomic mass is 9.68. The molecule has 2 aliphatic carbocycles. The zero-order chi connectivity index (χ0) is 67.3. The Hall–Kier alpha value is -4.72. The van der Waals surface area contributed by atoms with Crippen LogP contribution in [-0.2, 0) is 62.2 Å². The van der Waals surface area contributed by atoms with E-state index in [1.54, 1.807) is 22.7 Å². The number of unbranched alkanes of at least 4 members (excludes halogenated alkanes) is 24. The van der Waals surface area contributed by atoms with Gasteiger partial charge in [0.15, 0.2) is 12.6 Å². The van der Waals surface area contributed by atoms with Crippen molar-refractivity contribution in [2.75, 3.05) is 0 Å². The number of rotatable bonds is 46. The molecule has 0 radical (unpaired) electrons. The van der Waals surface area contributed by atoms with E-state index in [2.05, 4.69) is 163 Å². The number of aldehydes is 2. The highest BCUT2D eigenvalue weighted by Gasteiger charge is 2.56. The van der Waals surface area contributed by atoms with Crippen LogP contribution >= 0.6 is 45.3 Å². The number of benzene rings is 4. The third-order valence-electron chi connectivity index (χ3n) is 21.7. The Kier molecular flexibility index (Phi) is 28.6. The first-order chi connectivity index (χ1) is 47.2. The summed E-state index contributed by atoms with van der Waals surface area (Å²) >= 11 is 7.67. The summed E-state index contributed by atoms with van der Waals surface area (Å²) in [5, 5.41) is 0. The Labute approximate surface area is 598 Å². The second-order valence-corrected chi connectivity index (χ2v) is 33.6. The van der Waals surface area contributed by atoms with Crippen LogP contribution in [0, 0.1) is 0 Å². The number of fused-ring (bicyclic) bond motifs is 9. The summed E-state index contributed by atoms with van der Waals surface area (Å²) in [5.41, 5.74) is 21.4. The minimum atomic E-state index is -0.676. The van der Waals surface area contributed by atoms with Gasteiger partial charge in [-0.05, 0) is 182 Å². The molecule has 0 saturated carbocycles. The molecule has 6 heteroatoms. The van der Waals surface area contributed by atoms with Crippen molar-refractivity contribution in [2.45, 2.75) is 323 Å². The van der Waals surface area contributed by atoms with Gasteiger partial charge in [0, 0.05) is 41.8 Å². The Morgan fingerprint density at radius 3 is 0.656 bits per heavy atom. The molecule has 4 heterocycles. The highest BCUT2D eigenvalue weighted by molar-refractivity contribution is 7.32. The predicted octanol–water partition coefficient (Wildman–Crippen LogP) is 28.4. The van der Waals surface area contributed by atoms with Crippen LogP contribution in [0.3, 0.4) is 0 Å². The van der Waals surface area contributed by atoms with E-state index in [1.807, 2.05) is 0 Å². The molecule has 0 atom stereocenters. The highest BCUT2D eigenvalue weighted by atomic mass is 32.1. The van der Waals surface area contributed by atoms with Crippen LogP contribution in [0.2, 0.25) is 0 Å². The molecular weight excluding hydrogens is 1240 g/mol. The molecule has 0 aliphatic heterocycles. The average Bonchev–Trinajstić information content (AvgIpc) is 1.49. The highest BCUT2D eigenvalue weighted by Crippen LogP contribution is 2.70. The minimum absolute atomic E-state index is 0.676. The van der Waals surface area contributed by atoms with Crippen molar-refractivity contribution in [3.63, 3.8) is 0 Å². The van der Waals surface area contributed by atoms with Crippen molar-refractivity contribution in [1.82, 2.24) is 0 Å². The van der Waals surface area contributed by atoms with Gasteiger partial charge in [0.1, 0.15) is 0 Å².